The molecule has 0 aliphatic heterocycles. The molecule has 0 radical (unpaired) electrons. The Kier molecular flexibility index (Phi) is 8.08. The molecule has 0 atom stereocenters. The van der Waals surface area contributed by atoms with Gasteiger partial charge in [0.05, 0.1) is 12.2 Å². The van der Waals surface area contributed by atoms with E-state index in [4.69, 9.17) is 19.2 Å². The van der Waals surface area contributed by atoms with Gasteiger partial charge in [0.15, 0.2) is 0 Å². The molecule has 0 amide bonds. The monoisotopic (exact) mass is 206 g/mol. The van der Waals surface area contributed by atoms with Crippen LogP contribution in [0, 0.1) is 0 Å². The van der Waals surface area contributed by atoms with Crippen molar-refractivity contribution < 1.29 is 19.2 Å². The summed E-state index contributed by atoms with van der Waals surface area (Å²) in [5.74, 6) is 0. The van der Waals surface area contributed by atoms with Crippen LogP contribution in [0.2, 0.25) is 0 Å². The Morgan fingerprint density at radius 3 is 2.14 bits per heavy atom. The minimum atomic E-state index is -0.265. The molecule has 0 rings (SSSR count). The van der Waals surface area contributed by atoms with Crippen molar-refractivity contribution in [3.8, 4) is 0 Å². The van der Waals surface area contributed by atoms with E-state index >= 15 is 0 Å². The smallest absolute Gasteiger partial charge is 0.146 e. The van der Waals surface area contributed by atoms with Crippen molar-refractivity contribution >= 4 is 0 Å². The summed E-state index contributed by atoms with van der Waals surface area (Å²) in [6.07, 6.45) is 1.01. The second-order valence-corrected chi connectivity index (χ2v) is 3.95. The van der Waals surface area contributed by atoms with Crippen LogP contribution in [0.1, 0.15) is 34.1 Å². The molecule has 4 nitrogen and oxygen atoms in total. The van der Waals surface area contributed by atoms with Crippen LogP contribution in [0.15, 0.2) is 0 Å². The van der Waals surface area contributed by atoms with Gasteiger partial charge in [-0.15, -0.1) is 0 Å². The summed E-state index contributed by atoms with van der Waals surface area (Å²) in [6.45, 7) is 9.81. The average Bonchev–Trinajstić information content (AvgIpc) is 2.08. The van der Waals surface area contributed by atoms with Crippen molar-refractivity contribution in [3.63, 3.8) is 0 Å². The highest BCUT2D eigenvalue weighted by Crippen LogP contribution is 2.06. The lowest BCUT2D eigenvalue weighted by Gasteiger charge is -2.17. The van der Waals surface area contributed by atoms with Crippen LogP contribution >= 0.6 is 0 Å². The molecule has 0 aliphatic rings. The zero-order valence-electron chi connectivity index (χ0n) is 9.67. The molecule has 0 aromatic rings. The molecule has 0 saturated carbocycles. The van der Waals surface area contributed by atoms with E-state index in [2.05, 4.69) is 6.92 Å². The average molecular weight is 206 g/mol. The molecule has 0 aliphatic carbocycles. The second kappa shape index (κ2) is 8.17. The van der Waals surface area contributed by atoms with E-state index in [-0.39, 0.29) is 5.60 Å². The third kappa shape index (κ3) is 11.8. The minimum absolute atomic E-state index is 0.265. The molecule has 0 aromatic carbocycles. The van der Waals surface area contributed by atoms with E-state index < -0.39 is 0 Å². The predicted molar refractivity (Wildman–Crippen MR) is 53.9 cm³/mol. The Labute approximate surface area is 86.4 Å². The second-order valence-electron chi connectivity index (χ2n) is 3.95. The largest absolute Gasteiger partial charge is 0.355 e. The van der Waals surface area contributed by atoms with Gasteiger partial charge in [0.1, 0.15) is 13.4 Å². The Morgan fingerprint density at radius 1 is 0.929 bits per heavy atom. The molecular weight excluding hydrogens is 184 g/mol. The highest BCUT2D eigenvalue weighted by atomic mass is 17.2. The highest BCUT2D eigenvalue weighted by Gasteiger charge is 2.10. The van der Waals surface area contributed by atoms with Gasteiger partial charge < -0.3 is 9.47 Å². The molecule has 0 bridgehead atoms. The number of hydrogen-bond donors (Lipinski definition) is 0. The normalized spacial score (nSPS) is 12.0. The fourth-order valence-corrected chi connectivity index (χ4v) is 0.633. The maximum atomic E-state index is 5.12. The highest BCUT2D eigenvalue weighted by molar-refractivity contribution is 4.54. The minimum Gasteiger partial charge on any atom is -0.355 e. The standard InChI is InChI=1S/C10H22O4/c1-5-6-11-9-12-7-8-13-14-10(2,3)4/h5-9H2,1-4H3. The number of hydrogen-bond acceptors (Lipinski definition) is 4. The third-order valence-electron chi connectivity index (χ3n) is 1.14. The Balaban J connectivity index is 2.99. The molecule has 0 spiro atoms. The summed E-state index contributed by atoms with van der Waals surface area (Å²) in [7, 11) is 0. The van der Waals surface area contributed by atoms with Crippen LogP contribution in [0.5, 0.6) is 0 Å². The molecule has 0 heterocycles. The molecule has 0 N–H and O–H groups in total. The summed E-state index contributed by atoms with van der Waals surface area (Å²) in [6, 6.07) is 0. The summed E-state index contributed by atoms with van der Waals surface area (Å²) in [4.78, 5) is 9.96. The molecule has 86 valence electrons. The van der Waals surface area contributed by atoms with Gasteiger partial charge in [-0.1, -0.05) is 6.92 Å². The van der Waals surface area contributed by atoms with E-state index in [9.17, 15) is 0 Å². The zero-order valence-corrected chi connectivity index (χ0v) is 9.67. The van der Waals surface area contributed by atoms with Crippen molar-refractivity contribution in [2.75, 3.05) is 26.6 Å². The van der Waals surface area contributed by atoms with Gasteiger partial charge in [-0.3, -0.25) is 0 Å². The topological polar surface area (TPSA) is 36.9 Å². The van der Waals surface area contributed by atoms with Crippen molar-refractivity contribution in [1.29, 1.82) is 0 Å². The lowest BCUT2D eigenvalue weighted by atomic mass is 10.2. The van der Waals surface area contributed by atoms with Crippen LogP contribution in [-0.4, -0.2) is 32.2 Å². The van der Waals surface area contributed by atoms with Crippen molar-refractivity contribution in [2.45, 2.75) is 39.7 Å². The van der Waals surface area contributed by atoms with Crippen LogP contribution in [0.25, 0.3) is 0 Å². The van der Waals surface area contributed by atoms with Crippen LogP contribution in [0.3, 0.4) is 0 Å². The first-order valence-electron chi connectivity index (χ1n) is 5.02. The van der Waals surface area contributed by atoms with Gasteiger partial charge in [-0.05, 0) is 27.2 Å². The van der Waals surface area contributed by atoms with Gasteiger partial charge in [-0.2, -0.15) is 0 Å². The van der Waals surface area contributed by atoms with Gasteiger partial charge in [0, 0.05) is 6.61 Å². The SMILES string of the molecule is CCCOCOCCOOC(C)(C)C. The van der Waals surface area contributed by atoms with E-state index in [0.29, 0.717) is 20.0 Å². The lowest BCUT2D eigenvalue weighted by Crippen LogP contribution is -2.21. The molecule has 4 heteroatoms. The first-order valence-corrected chi connectivity index (χ1v) is 5.02. The summed E-state index contributed by atoms with van der Waals surface area (Å²) in [5, 5.41) is 0. The van der Waals surface area contributed by atoms with E-state index in [1.54, 1.807) is 0 Å². The van der Waals surface area contributed by atoms with Crippen LogP contribution in [0.4, 0.5) is 0 Å². The zero-order chi connectivity index (χ0) is 10.9. The quantitative estimate of drug-likeness (QED) is 0.264. The molecule has 0 aromatic heterocycles. The summed E-state index contributed by atoms with van der Waals surface area (Å²) >= 11 is 0. The fraction of sp³-hybridized carbons (Fsp3) is 1.00. The van der Waals surface area contributed by atoms with E-state index in [1.165, 1.54) is 0 Å². The van der Waals surface area contributed by atoms with Gasteiger partial charge in [0.25, 0.3) is 0 Å². The van der Waals surface area contributed by atoms with Crippen molar-refractivity contribution in [2.24, 2.45) is 0 Å². The first kappa shape index (κ1) is 13.8. The van der Waals surface area contributed by atoms with Crippen molar-refractivity contribution in [1.82, 2.24) is 0 Å². The maximum Gasteiger partial charge on any atom is 0.146 e. The number of rotatable bonds is 8. The summed E-state index contributed by atoms with van der Waals surface area (Å²) in [5.41, 5.74) is -0.265. The van der Waals surface area contributed by atoms with E-state index in [0.717, 1.165) is 13.0 Å². The summed E-state index contributed by atoms with van der Waals surface area (Å²) < 4.78 is 10.2. The molecule has 0 unspecified atom stereocenters. The molecule has 0 fully saturated rings. The molecule has 14 heavy (non-hydrogen) atoms. The Bertz CT molecular complexity index is 120. The van der Waals surface area contributed by atoms with Crippen LogP contribution in [-0.2, 0) is 19.2 Å². The molecule has 0 saturated heterocycles. The Morgan fingerprint density at radius 2 is 1.57 bits per heavy atom. The van der Waals surface area contributed by atoms with E-state index in [1.807, 2.05) is 20.8 Å². The fourth-order valence-electron chi connectivity index (χ4n) is 0.633. The predicted octanol–water partition coefficient (Wildman–Crippen LogP) is 2.13. The maximum absolute atomic E-state index is 5.12. The number of ether oxygens (including phenoxy) is 2. The first-order chi connectivity index (χ1) is 6.56. The molecular formula is C10H22O4. The van der Waals surface area contributed by atoms with Crippen LogP contribution < -0.4 is 0 Å². The lowest BCUT2D eigenvalue weighted by molar-refractivity contribution is -0.352. The third-order valence-corrected chi connectivity index (χ3v) is 1.14. The van der Waals surface area contributed by atoms with Gasteiger partial charge in [-0.25, -0.2) is 9.78 Å². The van der Waals surface area contributed by atoms with Gasteiger partial charge in [0.2, 0.25) is 0 Å². The Hall–Kier alpha value is -0.160. The van der Waals surface area contributed by atoms with Crippen molar-refractivity contribution in [3.05, 3.63) is 0 Å². The van der Waals surface area contributed by atoms with Gasteiger partial charge >= 0.3 is 0 Å².